The molecule has 3 heterocycles. The Labute approximate surface area is 358 Å². The Morgan fingerprint density at radius 1 is 0.552 bits per heavy atom. The van der Waals surface area contributed by atoms with Crippen LogP contribution in [0.3, 0.4) is 0 Å². The summed E-state index contributed by atoms with van der Waals surface area (Å²) >= 11 is 0. The zero-order valence-corrected chi connectivity index (χ0v) is 37.2. The minimum Gasteiger partial charge on any atom is -0.351 e. The maximum absolute atomic E-state index is 5.02. The molecular weight excluding hydrogens is 888 g/mol. The average molecular weight is 938 g/mol. The third kappa shape index (κ3) is 8.22. The van der Waals surface area contributed by atoms with Crippen molar-refractivity contribution in [3.05, 3.63) is 174 Å². The maximum atomic E-state index is 5.02. The summed E-state index contributed by atoms with van der Waals surface area (Å²) in [7, 11) is 2.09. The van der Waals surface area contributed by atoms with E-state index in [4.69, 9.17) is 9.97 Å². The van der Waals surface area contributed by atoms with Crippen molar-refractivity contribution >= 4 is 28.0 Å². The summed E-state index contributed by atoms with van der Waals surface area (Å²) in [6.45, 7) is 17.9. The summed E-state index contributed by atoms with van der Waals surface area (Å²) in [5, 5.41) is 1.17. The van der Waals surface area contributed by atoms with E-state index in [2.05, 4.69) is 212 Å². The second kappa shape index (κ2) is 16.0. The fourth-order valence-corrected chi connectivity index (χ4v) is 7.51. The molecule has 0 bridgehead atoms. The molecule has 0 saturated carbocycles. The van der Waals surface area contributed by atoms with Crippen LogP contribution in [0, 0.1) is 26.0 Å². The standard InChI is InChI=1S/C53H50N4.Pt/c1-35-33-54-49(31-47(35)37-16-12-10-13-17-37)40-24-42(52(3,4)5)29-45(27-40)57(44-20-21-51-39(26-44)22-23-56(51)9)46-28-41(25-43(30-46)53(6,7)8)50-32-48(36(2)34-55-50)38-18-14-11-15-19-38;/h10-26,29-34H,1-9H3;/q-2;+2. The van der Waals surface area contributed by atoms with Gasteiger partial charge in [-0.15, -0.1) is 58.7 Å². The Morgan fingerprint density at radius 2 is 1.02 bits per heavy atom. The van der Waals surface area contributed by atoms with Gasteiger partial charge in [0.05, 0.1) is 0 Å². The number of fused-ring (bicyclic) bond motifs is 1. The van der Waals surface area contributed by atoms with Crippen LogP contribution in [0.4, 0.5) is 17.1 Å². The monoisotopic (exact) mass is 937 g/mol. The molecule has 58 heavy (non-hydrogen) atoms. The molecule has 0 aliphatic carbocycles. The molecule has 8 aromatic rings. The van der Waals surface area contributed by atoms with E-state index in [1.54, 1.807) is 0 Å². The van der Waals surface area contributed by atoms with Crippen LogP contribution in [-0.4, -0.2) is 14.5 Å². The molecule has 4 nitrogen and oxygen atoms in total. The number of anilines is 3. The summed E-state index contributed by atoms with van der Waals surface area (Å²) in [4.78, 5) is 12.4. The smallest absolute Gasteiger partial charge is 0.351 e. The zero-order valence-electron chi connectivity index (χ0n) is 34.9. The molecule has 0 aliphatic rings. The largest absolute Gasteiger partial charge is 2.00 e. The Balaban J connectivity index is 0.00000512. The molecule has 0 spiro atoms. The van der Waals surface area contributed by atoms with Crippen LogP contribution < -0.4 is 4.90 Å². The molecule has 0 radical (unpaired) electrons. The third-order valence-corrected chi connectivity index (χ3v) is 11.0. The van der Waals surface area contributed by atoms with E-state index in [-0.39, 0.29) is 31.9 Å². The average Bonchev–Trinajstić information content (AvgIpc) is 3.57. The van der Waals surface area contributed by atoms with Gasteiger partial charge in [0.25, 0.3) is 0 Å². The van der Waals surface area contributed by atoms with Gasteiger partial charge in [-0.2, -0.15) is 0 Å². The normalized spacial score (nSPS) is 11.7. The minimum atomic E-state index is -0.150. The van der Waals surface area contributed by atoms with E-state index in [1.807, 2.05) is 12.4 Å². The van der Waals surface area contributed by atoms with Gasteiger partial charge in [0.1, 0.15) is 0 Å². The molecule has 3 aromatic heterocycles. The van der Waals surface area contributed by atoms with Crippen molar-refractivity contribution in [2.24, 2.45) is 7.05 Å². The summed E-state index contributed by atoms with van der Waals surface area (Å²) in [5.74, 6) is 0. The van der Waals surface area contributed by atoms with Gasteiger partial charge < -0.3 is 19.4 Å². The molecule has 0 amide bonds. The van der Waals surface area contributed by atoms with Gasteiger partial charge in [-0.1, -0.05) is 114 Å². The number of benzene rings is 5. The predicted octanol–water partition coefficient (Wildman–Crippen LogP) is 13.9. The Bertz CT molecular complexity index is 2580. The quantitative estimate of drug-likeness (QED) is 0.149. The van der Waals surface area contributed by atoms with Crippen molar-refractivity contribution in [2.75, 3.05) is 4.90 Å². The molecule has 5 aromatic carbocycles. The Kier molecular flexibility index (Phi) is 11.2. The SMILES string of the molecule is Cc1cnc(-c2[c-]c(N(c3[c-]c(-c4cc(-c5ccccc5)c(C)cn4)cc(C(C)(C)C)c3)c3ccc4c(ccn4C)c3)cc(C(C)(C)C)c2)cc1-c1ccccc1.[Pt+2]. The van der Waals surface area contributed by atoms with Crippen LogP contribution in [0.2, 0.25) is 0 Å². The molecule has 0 atom stereocenters. The van der Waals surface area contributed by atoms with E-state index >= 15 is 0 Å². The number of hydrogen-bond donors (Lipinski definition) is 0. The number of nitrogens with zero attached hydrogens (tertiary/aromatic N) is 4. The number of aryl methyl sites for hydroxylation is 3. The van der Waals surface area contributed by atoms with Crippen LogP contribution in [0.1, 0.15) is 63.8 Å². The summed E-state index contributed by atoms with van der Waals surface area (Å²) in [5.41, 5.74) is 16.7. The van der Waals surface area contributed by atoms with Crippen LogP contribution in [0.5, 0.6) is 0 Å². The van der Waals surface area contributed by atoms with Crippen LogP contribution in [-0.2, 0) is 38.9 Å². The fourth-order valence-electron chi connectivity index (χ4n) is 7.51. The zero-order chi connectivity index (χ0) is 40.1. The molecule has 5 heteroatoms. The first-order valence-electron chi connectivity index (χ1n) is 19.8. The van der Waals surface area contributed by atoms with Gasteiger partial charge in [0, 0.05) is 42.2 Å². The number of hydrogen-bond acceptors (Lipinski definition) is 3. The number of pyridine rings is 2. The predicted molar refractivity (Wildman–Crippen MR) is 239 cm³/mol. The van der Waals surface area contributed by atoms with Gasteiger partial charge in [-0.25, -0.2) is 0 Å². The van der Waals surface area contributed by atoms with Crippen LogP contribution in [0.15, 0.2) is 140 Å². The second-order valence-electron chi connectivity index (χ2n) is 17.3. The summed E-state index contributed by atoms with van der Waals surface area (Å²) < 4.78 is 2.17. The third-order valence-electron chi connectivity index (χ3n) is 11.0. The molecule has 0 aliphatic heterocycles. The summed E-state index contributed by atoms with van der Waals surface area (Å²) in [6, 6.07) is 51.3. The molecule has 0 unspecified atom stereocenters. The van der Waals surface area contributed by atoms with Crippen molar-refractivity contribution in [1.29, 1.82) is 0 Å². The van der Waals surface area contributed by atoms with Crippen LogP contribution in [0.25, 0.3) is 55.7 Å². The van der Waals surface area contributed by atoms with Gasteiger partial charge in [-0.3, -0.25) is 0 Å². The van der Waals surface area contributed by atoms with Crippen molar-refractivity contribution in [3.8, 4) is 44.8 Å². The van der Waals surface area contributed by atoms with E-state index in [1.165, 1.54) is 44.3 Å². The molecule has 0 fully saturated rings. The van der Waals surface area contributed by atoms with Crippen molar-refractivity contribution in [1.82, 2.24) is 14.5 Å². The van der Waals surface area contributed by atoms with E-state index in [0.29, 0.717) is 0 Å². The van der Waals surface area contributed by atoms with E-state index in [0.717, 1.165) is 50.7 Å². The Morgan fingerprint density at radius 3 is 1.47 bits per heavy atom. The van der Waals surface area contributed by atoms with Crippen molar-refractivity contribution in [3.63, 3.8) is 0 Å². The van der Waals surface area contributed by atoms with Gasteiger partial charge in [0.2, 0.25) is 0 Å². The summed E-state index contributed by atoms with van der Waals surface area (Å²) in [6.07, 6.45) is 6.09. The molecule has 8 rings (SSSR count). The van der Waals surface area contributed by atoms with Crippen molar-refractivity contribution in [2.45, 2.75) is 66.2 Å². The fraction of sp³-hybridized carbons (Fsp3) is 0.208. The maximum Gasteiger partial charge on any atom is 2.00 e. The topological polar surface area (TPSA) is 34.0 Å². The first-order valence-corrected chi connectivity index (χ1v) is 19.8. The molecular formula is C53H50N4Pt. The van der Waals surface area contributed by atoms with Crippen LogP contribution >= 0.6 is 0 Å². The number of rotatable bonds is 7. The molecule has 0 N–H and O–H groups in total. The first kappa shape index (κ1) is 40.6. The van der Waals surface area contributed by atoms with Gasteiger partial charge in [0.15, 0.2) is 0 Å². The molecule has 0 saturated heterocycles. The minimum absolute atomic E-state index is 0. The second-order valence-corrected chi connectivity index (χ2v) is 17.3. The first-order chi connectivity index (χ1) is 27.2. The van der Waals surface area contributed by atoms with Crippen molar-refractivity contribution < 1.29 is 21.1 Å². The van der Waals surface area contributed by atoms with E-state index < -0.39 is 0 Å². The molecule has 292 valence electrons. The van der Waals surface area contributed by atoms with Gasteiger partial charge >= 0.3 is 21.1 Å². The van der Waals surface area contributed by atoms with E-state index in [9.17, 15) is 0 Å². The number of aromatic nitrogens is 3. The van der Waals surface area contributed by atoms with Gasteiger partial charge in [-0.05, 0) is 105 Å². The Hall–Kier alpha value is -5.57.